The molecular weight excluding hydrogens is 377 g/mol. The number of carbonyl (C=O) groups excluding carboxylic acids is 1. The Bertz CT molecular complexity index is 1060. The number of nitrogens with one attached hydrogen (secondary N) is 3. The lowest BCUT2D eigenvalue weighted by molar-refractivity contribution is -0.913. The van der Waals surface area contributed by atoms with Crippen molar-refractivity contribution in [1.82, 2.24) is 5.32 Å². The first-order chi connectivity index (χ1) is 13.6. The Morgan fingerprint density at radius 2 is 2.11 bits per heavy atom. The number of benzene rings is 1. The van der Waals surface area contributed by atoms with Crippen LogP contribution in [0.2, 0.25) is 0 Å². The molecule has 2 aromatic heterocycles. The Morgan fingerprint density at radius 3 is 2.93 bits per heavy atom. The lowest BCUT2D eigenvalue weighted by atomic mass is 10.0. The third-order valence-corrected chi connectivity index (χ3v) is 6.72. The van der Waals surface area contributed by atoms with Gasteiger partial charge in [-0.2, -0.15) is 0 Å². The summed E-state index contributed by atoms with van der Waals surface area (Å²) in [6, 6.07) is 10.0. The van der Waals surface area contributed by atoms with Crippen LogP contribution in [-0.4, -0.2) is 19.0 Å². The van der Waals surface area contributed by atoms with Gasteiger partial charge in [-0.15, -0.1) is 11.3 Å². The van der Waals surface area contributed by atoms with E-state index in [2.05, 4.69) is 17.6 Å². The maximum absolute atomic E-state index is 14.0. The molecule has 1 unspecified atom stereocenters. The number of thiophene rings is 1. The van der Waals surface area contributed by atoms with E-state index in [9.17, 15) is 9.18 Å². The normalized spacial score (nSPS) is 20.9. The van der Waals surface area contributed by atoms with E-state index in [4.69, 9.17) is 4.42 Å². The van der Waals surface area contributed by atoms with E-state index in [1.807, 2.05) is 0 Å². The van der Waals surface area contributed by atoms with Gasteiger partial charge in [0, 0.05) is 6.42 Å². The number of halogens is 1. The summed E-state index contributed by atoms with van der Waals surface area (Å²) < 4.78 is 19.9. The Morgan fingerprint density at radius 1 is 1.25 bits per heavy atom. The number of amides is 1. The summed E-state index contributed by atoms with van der Waals surface area (Å²) in [6.07, 6.45) is 0.470. The standard InChI is InChI=1S/C21H20FN3O2S/c1-2-25-10-9-13-17(11-25)28-21-18(13)20(26)23-19(24-21)16-8-7-15(27-16)12-5-3-4-6-14(12)22/h3-8,19,24H,2,9-11H2,1H3,(H,23,26)/p+1/t19-/m0/s1. The zero-order chi connectivity index (χ0) is 19.3. The Hall–Kier alpha value is -2.64. The maximum atomic E-state index is 14.0. The van der Waals surface area contributed by atoms with Crippen LogP contribution in [0.1, 0.15) is 39.6 Å². The van der Waals surface area contributed by atoms with Crippen molar-refractivity contribution in [3.05, 3.63) is 64.0 Å². The molecular formula is C21H21FN3O2S+. The molecule has 5 nitrogen and oxygen atoms in total. The fourth-order valence-corrected chi connectivity index (χ4v) is 5.35. The molecule has 0 radical (unpaired) electrons. The first-order valence-corrected chi connectivity index (χ1v) is 10.4. The molecule has 0 spiro atoms. The lowest BCUT2D eigenvalue weighted by Crippen LogP contribution is -3.11. The van der Waals surface area contributed by atoms with Crippen LogP contribution in [0.5, 0.6) is 0 Å². The molecule has 28 heavy (non-hydrogen) atoms. The Labute approximate surface area is 166 Å². The molecule has 2 atom stereocenters. The highest BCUT2D eigenvalue weighted by Gasteiger charge is 2.35. The average molecular weight is 398 g/mol. The molecule has 0 saturated carbocycles. The van der Waals surface area contributed by atoms with Crippen LogP contribution in [-0.2, 0) is 13.0 Å². The second-order valence-corrected chi connectivity index (χ2v) is 8.33. The van der Waals surface area contributed by atoms with Crippen LogP contribution in [0, 0.1) is 5.82 Å². The molecule has 4 heterocycles. The fourth-order valence-electron chi connectivity index (χ4n) is 4.01. The molecule has 2 aliphatic heterocycles. The van der Waals surface area contributed by atoms with Crippen LogP contribution in [0.15, 0.2) is 40.8 Å². The molecule has 5 rings (SSSR count). The molecule has 1 aromatic carbocycles. The second kappa shape index (κ2) is 6.76. The fraction of sp³-hybridized carbons (Fsp3) is 0.286. The number of quaternary nitrogens is 1. The summed E-state index contributed by atoms with van der Waals surface area (Å²) in [5.74, 6) is 0.604. The van der Waals surface area contributed by atoms with E-state index >= 15 is 0 Å². The molecule has 144 valence electrons. The van der Waals surface area contributed by atoms with Crippen molar-refractivity contribution in [2.45, 2.75) is 26.1 Å². The number of fused-ring (bicyclic) bond motifs is 3. The highest BCUT2D eigenvalue weighted by atomic mass is 32.1. The zero-order valence-corrected chi connectivity index (χ0v) is 16.3. The predicted octanol–water partition coefficient (Wildman–Crippen LogP) is 2.96. The summed E-state index contributed by atoms with van der Waals surface area (Å²) in [5, 5.41) is 7.30. The minimum Gasteiger partial charge on any atom is -0.457 e. The largest absolute Gasteiger partial charge is 0.457 e. The van der Waals surface area contributed by atoms with Crippen LogP contribution < -0.4 is 15.5 Å². The monoisotopic (exact) mass is 398 g/mol. The second-order valence-electron chi connectivity index (χ2n) is 7.22. The first kappa shape index (κ1) is 17.5. The number of hydrogen-bond acceptors (Lipinski definition) is 4. The number of anilines is 1. The van der Waals surface area contributed by atoms with Gasteiger partial charge < -0.3 is 20.0 Å². The van der Waals surface area contributed by atoms with Gasteiger partial charge >= 0.3 is 0 Å². The number of rotatable bonds is 3. The van der Waals surface area contributed by atoms with Crippen LogP contribution in [0.4, 0.5) is 9.39 Å². The molecule has 0 bridgehead atoms. The van der Waals surface area contributed by atoms with Crippen LogP contribution in [0.3, 0.4) is 0 Å². The van der Waals surface area contributed by atoms with Crippen molar-refractivity contribution >= 4 is 22.2 Å². The zero-order valence-electron chi connectivity index (χ0n) is 15.5. The minimum absolute atomic E-state index is 0.0694. The van der Waals surface area contributed by atoms with Crippen molar-refractivity contribution in [3.63, 3.8) is 0 Å². The third-order valence-electron chi connectivity index (χ3n) is 5.56. The lowest BCUT2D eigenvalue weighted by Gasteiger charge is -2.25. The van der Waals surface area contributed by atoms with Gasteiger partial charge in [0.1, 0.15) is 28.9 Å². The van der Waals surface area contributed by atoms with Crippen LogP contribution >= 0.6 is 11.3 Å². The summed E-state index contributed by atoms with van der Waals surface area (Å²) in [5.41, 5.74) is 2.38. The summed E-state index contributed by atoms with van der Waals surface area (Å²) in [4.78, 5) is 15.7. The van der Waals surface area contributed by atoms with Crippen molar-refractivity contribution in [2.24, 2.45) is 0 Å². The van der Waals surface area contributed by atoms with Crippen molar-refractivity contribution in [2.75, 3.05) is 18.4 Å². The van der Waals surface area contributed by atoms with E-state index in [0.29, 0.717) is 17.1 Å². The number of carbonyl (C=O) groups is 1. The van der Waals surface area contributed by atoms with E-state index < -0.39 is 6.17 Å². The van der Waals surface area contributed by atoms with E-state index in [1.165, 1.54) is 16.5 Å². The SMILES string of the molecule is CC[NH+]1CCc2c(sc3c2C(=O)N[C@H](c2ccc(-c4ccccc4F)o2)N3)C1. The topological polar surface area (TPSA) is 58.7 Å². The predicted molar refractivity (Wildman–Crippen MR) is 106 cm³/mol. The smallest absolute Gasteiger partial charge is 0.256 e. The van der Waals surface area contributed by atoms with Gasteiger partial charge in [-0.3, -0.25) is 4.79 Å². The third kappa shape index (κ3) is 2.82. The number of furan rings is 1. The van der Waals surface area contributed by atoms with Gasteiger partial charge in [0.2, 0.25) is 0 Å². The molecule has 2 aliphatic rings. The molecule has 0 fully saturated rings. The van der Waals surface area contributed by atoms with Crippen molar-refractivity contribution < 1.29 is 18.5 Å². The van der Waals surface area contributed by atoms with Gasteiger partial charge in [-0.1, -0.05) is 12.1 Å². The molecule has 0 aliphatic carbocycles. The van der Waals surface area contributed by atoms with Gasteiger partial charge in [-0.25, -0.2) is 4.39 Å². The quantitative estimate of drug-likeness (QED) is 0.636. The molecule has 3 N–H and O–H groups in total. The van der Waals surface area contributed by atoms with Crippen molar-refractivity contribution in [1.29, 1.82) is 0 Å². The molecule has 1 amide bonds. The summed E-state index contributed by atoms with van der Waals surface area (Å²) >= 11 is 1.67. The minimum atomic E-state index is -0.463. The van der Waals surface area contributed by atoms with Crippen LogP contribution in [0.25, 0.3) is 11.3 Å². The molecule has 7 heteroatoms. The number of hydrogen-bond donors (Lipinski definition) is 3. The summed E-state index contributed by atoms with van der Waals surface area (Å²) in [6.45, 7) is 5.32. The first-order valence-electron chi connectivity index (χ1n) is 9.54. The van der Waals surface area contributed by atoms with Crippen molar-refractivity contribution in [3.8, 4) is 11.3 Å². The van der Waals surface area contributed by atoms with E-state index in [1.54, 1.807) is 46.6 Å². The van der Waals surface area contributed by atoms with E-state index in [-0.39, 0.29) is 11.7 Å². The van der Waals surface area contributed by atoms with Gasteiger partial charge in [0.15, 0.2) is 6.17 Å². The average Bonchev–Trinajstić information content (AvgIpc) is 3.32. The number of likely N-dealkylation sites (N-methyl/N-ethyl adjacent to an activating group) is 1. The van der Waals surface area contributed by atoms with Gasteiger partial charge in [-0.05, 0) is 36.8 Å². The van der Waals surface area contributed by atoms with Gasteiger partial charge in [0.05, 0.1) is 29.1 Å². The highest BCUT2D eigenvalue weighted by Crippen LogP contribution is 2.39. The summed E-state index contributed by atoms with van der Waals surface area (Å²) in [7, 11) is 0. The molecule has 3 aromatic rings. The van der Waals surface area contributed by atoms with E-state index in [0.717, 1.165) is 36.6 Å². The Balaban J connectivity index is 1.44. The highest BCUT2D eigenvalue weighted by molar-refractivity contribution is 7.16. The Kier molecular flexibility index (Phi) is 4.21. The maximum Gasteiger partial charge on any atom is 0.256 e. The molecule has 0 saturated heterocycles. The van der Waals surface area contributed by atoms with Gasteiger partial charge in [0.25, 0.3) is 5.91 Å².